The van der Waals surface area contributed by atoms with Crippen LogP contribution in [0.2, 0.25) is 0 Å². The lowest BCUT2D eigenvalue weighted by molar-refractivity contribution is -0.141. The second-order valence-corrected chi connectivity index (χ2v) is 6.24. The Morgan fingerprint density at radius 2 is 2.00 bits per heavy atom. The van der Waals surface area contributed by atoms with Gasteiger partial charge in [0.25, 0.3) is 0 Å². The van der Waals surface area contributed by atoms with Crippen LogP contribution in [0.3, 0.4) is 0 Å². The fourth-order valence-corrected chi connectivity index (χ4v) is 3.02. The third-order valence-corrected chi connectivity index (χ3v) is 4.16. The zero-order valence-corrected chi connectivity index (χ0v) is 12.4. The molecule has 0 bridgehead atoms. The fourth-order valence-electron chi connectivity index (χ4n) is 1.56. The van der Waals surface area contributed by atoms with E-state index in [0.29, 0.717) is 5.69 Å². The smallest absolute Gasteiger partial charge is 0.333 e. The molecule has 0 saturated heterocycles. The molecule has 0 aliphatic carbocycles. The Morgan fingerprint density at radius 1 is 1.32 bits per heavy atom. The number of methoxy groups -OCH3 is 1. The highest BCUT2D eigenvalue weighted by Crippen LogP contribution is 2.30. The lowest BCUT2D eigenvalue weighted by Crippen LogP contribution is -2.21. The van der Waals surface area contributed by atoms with Crippen LogP contribution in [-0.2, 0) is 9.53 Å². The van der Waals surface area contributed by atoms with Crippen LogP contribution in [0.1, 0.15) is 10.9 Å². The predicted molar refractivity (Wildman–Crippen MR) is 76.8 cm³/mol. The zero-order valence-electron chi connectivity index (χ0n) is 10.0. The number of benzene rings is 1. The lowest BCUT2D eigenvalue weighted by atomic mass is 10.2. The molecule has 1 aromatic carbocycles. The molecule has 0 saturated carbocycles. The van der Waals surface area contributed by atoms with Crippen LogP contribution < -0.4 is 5.32 Å². The van der Waals surface area contributed by atoms with Crippen LogP contribution in [0.25, 0.3) is 0 Å². The van der Waals surface area contributed by atoms with Crippen molar-refractivity contribution in [1.82, 2.24) is 0 Å². The SMILES string of the molecule is COC(=O)C(Nc1ccc(F)cc1)c1ccc(Br)s1. The molecule has 0 aliphatic heterocycles. The predicted octanol–water partition coefficient (Wildman–Crippen LogP) is 3.98. The number of hydrogen-bond donors (Lipinski definition) is 1. The molecule has 1 heterocycles. The van der Waals surface area contributed by atoms with Gasteiger partial charge in [0, 0.05) is 10.6 Å². The lowest BCUT2D eigenvalue weighted by Gasteiger charge is -2.16. The number of anilines is 1. The first-order valence-corrected chi connectivity index (χ1v) is 7.06. The third kappa shape index (κ3) is 3.54. The van der Waals surface area contributed by atoms with Gasteiger partial charge in [0.1, 0.15) is 5.82 Å². The molecule has 19 heavy (non-hydrogen) atoms. The van der Waals surface area contributed by atoms with Gasteiger partial charge in [0.15, 0.2) is 6.04 Å². The van der Waals surface area contributed by atoms with Crippen LogP contribution in [0.5, 0.6) is 0 Å². The van der Waals surface area contributed by atoms with Crippen LogP contribution >= 0.6 is 27.3 Å². The summed E-state index contributed by atoms with van der Waals surface area (Å²) >= 11 is 4.80. The minimum atomic E-state index is -0.605. The highest BCUT2D eigenvalue weighted by Gasteiger charge is 2.23. The summed E-state index contributed by atoms with van der Waals surface area (Å²) in [4.78, 5) is 12.6. The van der Waals surface area contributed by atoms with E-state index in [2.05, 4.69) is 21.2 Å². The van der Waals surface area contributed by atoms with E-state index in [4.69, 9.17) is 4.74 Å². The first-order valence-electron chi connectivity index (χ1n) is 5.45. The quantitative estimate of drug-likeness (QED) is 0.853. The molecular weight excluding hydrogens is 333 g/mol. The van der Waals surface area contributed by atoms with Gasteiger partial charge in [-0.05, 0) is 52.3 Å². The average molecular weight is 344 g/mol. The molecule has 2 aromatic rings. The first-order chi connectivity index (χ1) is 9.10. The summed E-state index contributed by atoms with van der Waals surface area (Å²) < 4.78 is 18.6. The summed E-state index contributed by atoms with van der Waals surface area (Å²) in [6.07, 6.45) is 0. The molecule has 1 atom stereocenters. The van der Waals surface area contributed by atoms with Crippen molar-refractivity contribution in [2.24, 2.45) is 0 Å². The number of carbonyl (C=O) groups excluding carboxylic acids is 1. The summed E-state index contributed by atoms with van der Waals surface area (Å²) in [5.41, 5.74) is 0.654. The van der Waals surface area contributed by atoms with Crippen LogP contribution in [-0.4, -0.2) is 13.1 Å². The van der Waals surface area contributed by atoms with Crippen molar-refractivity contribution in [2.75, 3.05) is 12.4 Å². The number of esters is 1. The van der Waals surface area contributed by atoms with Crippen molar-refractivity contribution in [3.8, 4) is 0 Å². The van der Waals surface area contributed by atoms with E-state index >= 15 is 0 Å². The molecule has 1 N–H and O–H groups in total. The minimum absolute atomic E-state index is 0.320. The molecule has 0 fully saturated rings. The van der Waals surface area contributed by atoms with Gasteiger partial charge in [-0.3, -0.25) is 0 Å². The van der Waals surface area contributed by atoms with Crippen molar-refractivity contribution < 1.29 is 13.9 Å². The molecule has 1 unspecified atom stereocenters. The van der Waals surface area contributed by atoms with Gasteiger partial charge in [-0.15, -0.1) is 11.3 Å². The average Bonchev–Trinajstić information content (AvgIpc) is 2.83. The first kappa shape index (κ1) is 14.0. The number of ether oxygens (including phenoxy) is 1. The molecule has 2 rings (SSSR count). The largest absolute Gasteiger partial charge is 0.467 e. The van der Waals surface area contributed by atoms with Crippen molar-refractivity contribution in [1.29, 1.82) is 0 Å². The molecule has 0 spiro atoms. The van der Waals surface area contributed by atoms with E-state index < -0.39 is 12.0 Å². The van der Waals surface area contributed by atoms with Crippen molar-refractivity contribution in [2.45, 2.75) is 6.04 Å². The zero-order chi connectivity index (χ0) is 13.8. The number of thiophene rings is 1. The van der Waals surface area contributed by atoms with Gasteiger partial charge in [-0.25, -0.2) is 9.18 Å². The number of halogens is 2. The van der Waals surface area contributed by atoms with Crippen LogP contribution in [0.15, 0.2) is 40.2 Å². The Morgan fingerprint density at radius 3 is 2.53 bits per heavy atom. The third-order valence-electron chi connectivity index (χ3n) is 2.47. The minimum Gasteiger partial charge on any atom is -0.467 e. The van der Waals surface area contributed by atoms with Gasteiger partial charge in [0.05, 0.1) is 10.9 Å². The Kier molecular flexibility index (Phi) is 4.55. The second-order valence-electron chi connectivity index (χ2n) is 3.75. The van der Waals surface area contributed by atoms with Gasteiger partial charge in [-0.1, -0.05) is 0 Å². The molecule has 0 amide bonds. The number of rotatable bonds is 4. The molecule has 6 heteroatoms. The van der Waals surface area contributed by atoms with E-state index in [0.717, 1.165) is 8.66 Å². The summed E-state index contributed by atoms with van der Waals surface area (Å²) in [5, 5.41) is 3.03. The van der Waals surface area contributed by atoms with Gasteiger partial charge >= 0.3 is 5.97 Å². The monoisotopic (exact) mass is 343 g/mol. The Labute approximate surface area is 122 Å². The summed E-state index contributed by atoms with van der Waals surface area (Å²) in [6.45, 7) is 0. The molecule has 3 nitrogen and oxygen atoms in total. The van der Waals surface area contributed by atoms with E-state index in [1.807, 2.05) is 12.1 Å². The highest BCUT2D eigenvalue weighted by molar-refractivity contribution is 9.11. The maximum Gasteiger partial charge on any atom is 0.333 e. The van der Waals surface area contributed by atoms with Crippen LogP contribution in [0, 0.1) is 5.82 Å². The van der Waals surface area contributed by atoms with Gasteiger partial charge < -0.3 is 10.1 Å². The van der Waals surface area contributed by atoms with E-state index in [-0.39, 0.29) is 5.82 Å². The van der Waals surface area contributed by atoms with Crippen molar-refractivity contribution in [3.63, 3.8) is 0 Å². The fraction of sp³-hybridized carbons (Fsp3) is 0.154. The van der Waals surface area contributed by atoms with Crippen molar-refractivity contribution in [3.05, 3.63) is 50.9 Å². The number of carbonyl (C=O) groups is 1. The molecular formula is C13H11BrFNO2S. The Balaban J connectivity index is 2.23. The maximum atomic E-state index is 12.9. The molecule has 1 aromatic heterocycles. The standard InChI is InChI=1S/C13H11BrFNO2S/c1-18-13(17)12(10-6-7-11(14)19-10)16-9-4-2-8(15)3-5-9/h2-7,12,16H,1H3. The van der Waals surface area contributed by atoms with E-state index in [9.17, 15) is 9.18 Å². The Hall–Kier alpha value is -1.40. The molecule has 0 radical (unpaired) electrons. The normalized spacial score (nSPS) is 11.9. The maximum absolute atomic E-state index is 12.9. The van der Waals surface area contributed by atoms with Crippen LogP contribution in [0.4, 0.5) is 10.1 Å². The summed E-state index contributed by atoms with van der Waals surface area (Å²) in [5.74, 6) is -0.710. The second kappa shape index (κ2) is 6.16. The van der Waals surface area contributed by atoms with Gasteiger partial charge in [-0.2, -0.15) is 0 Å². The topological polar surface area (TPSA) is 38.3 Å². The summed E-state index contributed by atoms with van der Waals surface area (Å²) in [7, 11) is 1.34. The van der Waals surface area contributed by atoms with Crippen molar-refractivity contribution >= 4 is 38.9 Å². The van der Waals surface area contributed by atoms with Gasteiger partial charge in [0.2, 0.25) is 0 Å². The Bertz CT molecular complexity index is 570. The number of hydrogen-bond acceptors (Lipinski definition) is 4. The van der Waals surface area contributed by atoms with E-state index in [1.165, 1.54) is 30.6 Å². The molecule has 0 aliphatic rings. The highest BCUT2D eigenvalue weighted by atomic mass is 79.9. The number of nitrogens with one attached hydrogen (secondary N) is 1. The summed E-state index contributed by atoms with van der Waals surface area (Å²) in [6, 6.07) is 8.92. The van der Waals surface area contributed by atoms with E-state index in [1.54, 1.807) is 12.1 Å². The molecule has 100 valence electrons.